The molecule has 0 saturated carbocycles. The van der Waals surface area contributed by atoms with Crippen molar-refractivity contribution in [3.05, 3.63) is 50.7 Å². The Morgan fingerprint density at radius 3 is 2.57 bits per heavy atom. The van der Waals surface area contributed by atoms with Crippen molar-refractivity contribution < 1.29 is 4.39 Å². The van der Waals surface area contributed by atoms with Crippen LogP contribution >= 0.6 is 23.6 Å². The second kappa shape index (κ2) is 4.02. The zero-order valence-electron chi connectivity index (χ0n) is 7.29. The van der Waals surface area contributed by atoms with E-state index in [2.05, 4.69) is 4.98 Å². The largest absolute Gasteiger partial charge is 0.343 e. The van der Waals surface area contributed by atoms with Crippen LogP contribution in [0.3, 0.4) is 0 Å². The molecule has 0 bridgehead atoms. The summed E-state index contributed by atoms with van der Waals surface area (Å²) in [6, 6.07) is 6.53. The molecule has 0 spiro atoms. The molecular formula is C10H8FNS2. The van der Waals surface area contributed by atoms with Crippen LogP contribution in [0.4, 0.5) is 4.39 Å². The van der Waals surface area contributed by atoms with Crippen LogP contribution in [0.5, 0.6) is 0 Å². The van der Waals surface area contributed by atoms with Crippen LogP contribution in [0, 0.1) is 9.77 Å². The number of aromatic nitrogens is 1. The van der Waals surface area contributed by atoms with Crippen molar-refractivity contribution in [2.75, 3.05) is 0 Å². The lowest BCUT2D eigenvalue weighted by atomic mass is 10.1. The molecule has 0 aliphatic carbocycles. The molecule has 4 heteroatoms. The second-order valence-electron chi connectivity index (χ2n) is 2.95. The van der Waals surface area contributed by atoms with Crippen LogP contribution in [-0.4, -0.2) is 4.98 Å². The second-order valence-corrected chi connectivity index (χ2v) is 4.75. The SMILES string of the molecule is Fc1ccc(Cc2c[nH]c(=S)s2)cc1. The minimum Gasteiger partial charge on any atom is -0.343 e. The van der Waals surface area contributed by atoms with Crippen LogP contribution < -0.4 is 0 Å². The highest BCUT2D eigenvalue weighted by molar-refractivity contribution is 7.73. The Bertz CT molecular complexity index is 469. The minimum absolute atomic E-state index is 0.199. The van der Waals surface area contributed by atoms with Crippen LogP contribution in [0.15, 0.2) is 30.5 Å². The van der Waals surface area contributed by atoms with E-state index in [0.717, 1.165) is 15.9 Å². The van der Waals surface area contributed by atoms with Crippen molar-refractivity contribution in [2.45, 2.75) is 6.42 Å². The number of H-pyrrole nitrogens is 1. The van der Waals surface area contributed by atoms with E-state index in [9.17, 15) is 4.39 Å². The Hall–Kier alpha value is -1.00. The Morgan fingerprint density at radius 2 is 2.00 bits per heavy atom. The summed E-state index contributed by atoms with van der Waals surface area (Å²) in [5, 5.41) is 0. The van der Waals surface area contributed by atoms with Crippen LogP contribution in [-0.2, 0) is 6.42 Å². The summed E-state index contributed by atoms with van der Waals surface area (Å²) in [6.45, 7) is 0. The standard InChI is InChI=1S/C10H8FNS2/c11-8-3-1-7(2-4-8)5-9-6-12-10(13)14-9/h1-4,6H,5H2,(H,12,13). The van der Waals surface area contributed by atoms with Gasteiger partial charge >= 0.3 is 0 Å². The van der Waals surface area contributed by atoms with E-state index in [-0.39, 0.29) is 5.82 Å². The Labute approximate surface area is 90.2 Å². The third kappa shape index (κ3) is 2.27. The lowest BCUT2D eigenvalue weighted by Crippen LogP contribution is -1.84. The number of hydrogen-bond donors (Lipinski definition) is 1. The molecule has 0 radical (unpaired) electrons. The van der Waals surface area contributed by atoms with E-state index in [1.807, 2.05) is 6.20 Å². The molecule has 0 atom stereocenters. The van der Waals surface area contributed by atoms with Gasteiger partial charge in [0.1, 0.15) is 5.82 Å². The normalized spacial score (nSPS) is 10.4. The molecule has 1 aromatic carbocycles. The summed E-state index contributed by atoms with van der Waals surface area (Å²) in [4.78, 5) is 4.13. The highest BCUT2D eigenvalue weighted by Crippen LogP contribution is 2.14. The smallest absolute Gasteiger partial charge is 0.158 e. The molecule has 0 amide bonds. The third-order valence-electron chi connectivity index (χ3n) is 1.87. The molecule has 1 heterocycles. The summed E-state index contributed by atoms with van der Waals surface area (Å²) in [5.74, 6) is -0.199. The summed E-state index contributed by atoms with van der Waals surface area (Å²) in [5.41, 5.74) is 1.09. The number of benzene rings is 1. The molecule has 14 heavy (non-hydrogen) atoms. The molecule has 72 valence electrons. The van der Waals surface area contributed by atoms with Crippen LogP contribution in [0.1, 0.15) is 10.4 Å². The Morgan fingerprint density at radius 1 is 1.29 bits per heavy atom. The Kier molecular flexibility index (Phi) is 2.74. The number of rotatable bonds is 2. The summed E-state index contributed by atoms with van der Waals surface area (Å²) in [7, 11) is 0. The van der Waals surface area contributed by atoms with E-state index in [0.29, 0.717) is 0 Å². The average molecular weight is 225 g/mol. The van der Waals surface area contributed by atoms with Crippen molar-refractivity contribution >= 4 is 23.6 Å². The Balaban J connectivity index is 2.19. The first-order valence-corrected chi connectivity index (χ1v) is 5.38. The minimum atomic E-state index is -0.199. The fraction of sp³-hybridized carbons (Fsp3) is 0.100. The molecular weight excluding hydrogens is 217 g/mol. The fourth-order valence-electron chi connectivity index (χ4n) is 1.21. The molecule has 0 unspecified atom stereocenters. The maximum absolute atomic E-state index is 12.6. The highest BCUT2D eigenvalue weighted by Gasteiger charge is 1.98. The van der Waals surface area contributed by atoms with E-state index in [1.54, 1.807) is 23.5 Å². The van der Waals surface area contributed by atoms with Gasteiger partial charge in [-0.15, -0.1) is 11.3 Å². The predicted molar refractivity (Wildman–Crippen MR) is 58.7 cm³/mol. The number of thiazole rings is 1. The van der Waals surface area contributed by atoms with E-state index < -0.39 is 0 Å². The first-order valence-electron chi connectivity index (χ1n) is 4.16. The van der Waals surface area contributed by atoms with Crippen molar-refractivity contribution in [3.8, 4) is 0 Å². The van der Waals surface area contributed by atoms with Crippen molar-refractivity contribution in [2.24, 2.45) is 0 Å². The highest BCUT2D eigenvalue weighted by atomic mass is 32.1. The maximum atomic E-state index is 12.6. The van der Waals surface area contributed by atoms with E-state index in [1.165, 1.54) is 17.0 Å². The van der Waals surface area contributed by atoms with E-state index >= 15 is 0 Å². The summed E-state index contributed by atoms with van der Waals surface area (Å²) in [6.07, 6.45) is 2.70. The quantitative estimate of drug-likeness (QED) is 0.773. The molecule has 1 aromatic heterocycles. The van der Waals surface area contributed by atoms with Gasteiger partial charge in [-0.1, -0.05) is 12.1 Å². The average Bonchev–Trinajstić information content (AvgIpc) is 2.56. The summed E-state index contributed by atoms with van der Waals surface area (Å²) >= 11 is 6.53. The van der Waals surface area contributed by atoms with Crippen LogP contribution in [0.2, 0.25) is 0 Å². The first kappa shape index (κ1) is 9.55. The van der Waals surface area contributed by atoms with Crippen LogP contribution in [0.25, 0.3) is 0 Å². The number of halogens is 1. The van der Waals surface area contributed by atoms with Gasteiger partial charge in [0.15, 0.2) is 3.95 Å². The van der Waals surface area contributed by atoms with E-state index in [4.69, 9.17) is 12.2 Å². The van der Waals surface area contributed by atoms with Gasteiger partial charge in [-0.2, -0.15) is 0 Å². The molecule has 2 aromatic rings. The van der Waals surface area contributed by atoms with Gasteiger partial charge in [0, 0.05) is 17.5 Å². The number of hydrogen-bond acceptors (Lipinski definition) is 2. The fourth-order valence-corrected chi connectivity index (χ4v) is 2.30. The lowest BCUT2D eigenvalue weighted by Gasteiger charge is -1.96. The van der Waals surface area contributed by atoms with Gasteiger partial charge in [0.05, 0.1) is 0 Å². The van der Waals surface area contributed by atoms with Gasteiger partial charge in [-0.3, -0.25) is 0 Å². The van der Waals surface area contributed by atoms with Gasteiger partial charge in [0.25, 0.3) is 0 Å². The number of nitrogens with one attached hydrogen (secondary N) is 1. The zero-order valence-corrected chi connectivity index (χ0v) is 8.92. The van der Waals surface area contributed by atoms with Gasteiger partial charge in [0.2, 0.25) is 0 Å². The molecule has 0 saturated heterocycles. The lowest BCUT2D eigenvalue weighted by molar-refractivity contribution is 0.627. The molecule has 0 aliphatic rings. The molecule has 0 aliphatic heterocycles. The maximum Gasteiger partial charge on any atom is 0.158 e. The topological polar surface area (TPSA) is 15.8 Å². The molecule has 2 rings (SSSR count). The molecule has 1 N–H and O–H groups in total. The molecule has 1 nitrogen and oxygen atoms in total. The molecule has 0 fully saturated rings. The van der Waals surface area contributed by atoms with Gasteiger partial charge < -0.3 is 4.98 Å². The van der Waals surface area contributed by atoms with Crippen molar-refractivity contribution in [3.63, 3.8) is 0 Å². The zero-order chi connectivity index (χ0) is 9.97. The summed E-state index contributed by atoms with van der Waals surface area (Å²) < 4.78 is 13.4. The predicted octanol–water partition coefficient (Wildman–Crippen LogP) is 3.54. The monoisotopic (exact) mass is 225 g/mol. The van der Waals surface area contributed by atoms with Gasteiger partial charge in [-0.25, -0.2) is 4.39 Å². The van der Waals surface area contributed by atoms with Crippen molar-refractivity contribution in [1.82, 2.24) is 4.98 Å². The van der Waals surface area contributed by atoms with Crippen molar-refractivity contribution in [1.29, 1.82) is 0 Å². The first-order chi connectivity index (χ1) is 6.74. The third-order valence-corrected chi connectivity index (χ3v) is 3.06. The van der Waals surface area contributed by atoms with Gasteiger partial charge in [-0.05, 0) is 29.9 Å². The number of aromatic amines is 1.